The van der Waals surface area contributed by atoms with Gasteiger partial charge in [0.05, 0.1) is 11.2 Å². The van der Waals surface area contributed by atoms with Crippen LogP contribution in [0.5, 0.6) is 0 Å². The molecule has 0 bridgehead atoms. The first-order valence-corrected chi connectivity index (χ1v) is 8.85. The van der Waals surface area contributed by atoms with Crippen molar-refractivity contribution in [2.24, 2.45) is 0 Å². The minimum absolute atomic E-state index is 0.0636. The van der Waals surface area contributed by atoms with Gasteiger partial charge in [0, 0.05) is 25.1 Å². The summed E-state index contributed by atoms with van der Waals surface area (Å²) < 4.78 is 8.07. The minimum Gasteiger partial charge on any atom is -0.356 e. The third-order valence-electron chi connectivity index (χ3n) is 4.62. The van der Waals surface area contributed by atoms with Gasteiger partial charge >= 0.3 is 0 Å². The monoisotopic (exact) mass is 326 g/mol. The first-order chi connectivity index (χ1) is 11.6. The number of allylic oxidation sites excluding steroid dienone is 1. The fourth-order valence-electron chi connectivity index (χ4n) is 3.36. The molecule has 1 aliphatic heterocycles. The summed E-state index contributed by atoms with van der Waals surface area (Å²) in [6, 6.07) is 6.53. The molecule has 1 aromatic heterocycles. The van der Waals surface area contributed by atoms with Crippen LogP contribution in [0.2, 0.25) is 0 Å². The lowest BCUT2D eigenvalue weighted by molar-refractivity contribution is -0.0369. The molecule has 0 amide bonds. The Morgan fingerprint density at radius 3 is 2.96 bits per heavy atom. The second-order valence-electron chi connectivity index (χ2n) is 6.83. The van der Waals surface area contributed by atoms with Gasteiger partial charge in [0.2, 0.25) is 0 Å². The van der Waals surface area contributed by atoms with Gasteiger partial charge in [0.15, 0.2) is 6.23 Å². The summed E-state index contributed by atoms with van der Waals surface area (Å²) in [6.45, 7) is 10.8. The van der Waals surface area contributed by atoms with Crippen molar-refractivity contribution in [1.29, 1.82) is 0 Å². The van der Waals surface area contributed by atoms with Crippen molar-refractivity contribution in [3.63, 3.8) is 0 Å². The number of hydrogen-bond acceptors (Lipinski definition) is 3. The zero-order valence-corrected chi connectivity index (χ0v) is 15.1. The molecule has 1 aliphatic rings. The molecule has 24 heavy (non-hydrogen) atoms. The number of benzene rings is 1. The van der Waals surface area contributed by atoms with E-state index in [0.717, 1.165) is 49.3 Å². The van der Waals surface area contributed by atoms with E-state index in [4.69, 9.17) is 9.84 Å². The lowest BCUT2D eigenvalue weighted by Gasteiger charge is -2.23. The van der Waals surface area contributed by atoms with E-state index in [9.17, 15) is 0 Å². The summed E-state index contributed by atoms with van der Waals surface area (Å²) in [6.07, 6.45) is 5.63. The van der Waals surface area contributed by atoms with Crippen LogP contribution in [-0.2, 0) is 11.3 Å². The molecule has 1 unspecified atom stereocenters. The SMILES string of the molecule is C=C(C)c1ccc2c(c1)c(CN(C)C[CH]C)nn2C1CCCCO1. The van der Waals surface area contributed by atoms with Crippen molar-refractivity contribution < 1.29 is 4.74 Å². The zero-order valence-electron chi connectivity index (χ0n) is 15.1. The second kappa shape index (κ2) is 7.49. The van der Waals surface area contributed by atoms with Gasteiger partial charge in [-0.25, -0.2) is 4.68 Å². The molecule has 2 aromatic rings. The van der Waals surface area contributed by atoms with E-state index in [1.807, 2.05) is 6.92 Å². The maximum atomic E-state index is 5.98. The normalized spacial score (nSPS) is 18.4. The summed E-state index contributed by atoms with van der Waals surface area (Å²) in [4.78, 5) is 2.28. The van der Waals surface area contributed by atoms with Crippen molar-refractivity contribution >= 4 is 16.5 Å². The lowest BCUT2D eigenvalue weighted by atomic mass is 10.1. The summed E-state index contributed by atoms with van der Waals surface area (Å²) in [5, 5.41) is 6.16. The average molecular weight is 326 g/mol. The second-order valence-corrected chi connectivity index (χ2v) is 6.83. The zero-order chi connectivity index (χ0) is 17.1. The van der Waals surface area contributed by atoms with E-state index in [0.29, 0.717) is 0 Å². The molecule has 1 radical (unpaired) electrons. The van der Waals surface area contributed by atoms with Crippen LogP contribution in [0.15, 0.2) is 24.8 Å². The fraction of sp³-hybridized carbons (Fsp3) is 0.500. The average Bonchev–Trinajstić information content (AvgIpc) is 2.93. The Morgan fingerprint density at radius 2 is 2.29 bits per heavy atom. The van der Waals surface area contributed by atoms with E-state index in [1.165, 1.54) is 17.4 Å². The van der Waals surface area contributed by atoms with Gasteiger partial charge in [-0.2, -0.15) is 5.10 Å². The molecular weight excluding hydrogens is 298 g/mol. The van der Waals surface area contributed by atoms with Gasteiger partial charge < -0.3 is 9.64 Å². The van der Waals surface area contributed by atoms with Gasteiger partial charge in [-0.3, -0.25) is 0 Å². The minimum atomic E-state index is 0.0636. The quantitative estimate of drug-likeness (QED) is 0.787. The molecule has 1 atom stereocenters. The van der Waals surface area contributed by atoms with Crippen LogP contribution in [-0.4, -0.2) is 34.9 Å². The van der Waals surface area contributed by atoms with Crippen LogP contribution in [0.3, 0.4) is 0 Å². The first kappa shape index (κ1) is 17.2. The molecule has 2 heterocycles. The molecule has 1 fully saturated rings. The van der Waals surface area contributed by atoms with Gasteiger partial charge in [-0.15, -0.1) is 0 Å². The third-order valence-corrected chi connectivity index (χ3v) is 4.62. The Labute approximate surface area is 145 Å². The Hall–Kier alpha value is -1.65. The van der Waals surface area contributed by atoms with Crippen LogP contribution in [0.4, 0.5) is 0 Å². The first-order valence-electron chi connectivity index (χ1n) is 8.85. The largest absolute Gasteiger partial charge is 0.356 e. The summed E-state index contributed by atoms with van der Waals surface area (Å²) in [5.41, 5.74) is 4.54. The Bertz CT molecular complexity index is 713. The van der Waals surface area contributed by atoms with Gasteiger partial charge in [0.25, 0.3) is 0 Å². The molecule has 1 saturated heterocycles. The standard InChI is InChI=1S/C20H28N3O/c1-5-11-22(4)14-18-17-13-16(15(2)3)9-10-19(17)23(21-18)20-8-6-7-12-24-20/h5,9-10,13,20H,2,6-8,11-12,14H2,1,3-4H3. The maximum Gasteiger partial charge on any atom is 0.150 e. The van der Waals surface area contributed by atoms with Crippen LogP contribution in [0.1, 0.15) is 50.6 Å². The van der Waals surface area contributed by atoms with Gasteiger partial charge in [-0.1, -0.05) is 25.1 Å². The van der Waals surface area contributed by atoms with Gasteiger partial charge in [0.1, 0.15) is 0 Å². The molecular formula is C20H28N3O. The maximum absolute atomic E-state index is 5.98. The Kier molecular flexibility index (Phi) is 5.36. The van der Waals surface area contributed by atoms with E-state index >= 15 is 0 Å². The highest BCUT2D eigenvalue weighted by Gasteiger charge is 2.21. The lowest BCUT2D eigenvalue weighted by Crippen LogP contribution is -2.21. The van der Waals surface area contributed by atoms with Crippen LogP contribution >= 0.6 is 0 Å². The summed E-state index contributed by atoms with van der Waals surface area (Å²) in [7, 11) is 2.13. The van der Waals surface area contributed by atoms with Crippen molar-refractivity contribution in [3.05, 3.63) is 42.5 Å². The summed E-state index contributed by atoms with van der Waals surface area (Å²) >= 11 is 0. The van der Waals surface area contributed by atoms with Gasteiger partial charge in [-0.05, 0) is 57.4 Å². The predicted molar refractivity (Wildman–Crippen MR) is 99.6 cm³/mol. The highest BCUT2D eigenvalue weighted by Crippen LogP contribution is 2.30. The van der Waals surface area contributed by atoms with Crippen LogP contribution in [0.25, 0.3) is 16.5 Å². The van der Waals surface area contributed by atoms with Crippen molar-refractivity contribution in [2.75, 3.05) is 20.2 Å². The van der Waals surface area contributed by atoms with Crippen LogP contribution < -0.4 is 0 Å². The molecule has 0 saturated carbocycles. The molecule has 4 heteroatoms. The third kappa shape index (κ3) is 3.55. The number of fused-ring (bicyclic) bond motifs is 1. The van der Waals surface area contributed by atoms with E-state index < -0.39 is 0 Å². The smallest absolute Gasteiger partial charge is 0.150 e. The van der Waals surface area contributed by atoms with E-state index in [1.54, 1.807) is 0 Å². The van der Waals surface area contributed by atoms with Crippen molar-refractivity contribution in [2.45, 2.75) is 45.9 Å². The van der Waals surface area contributed by atoms with Crippen molar-refractivity contribution in [1.82, 2.24) is 14.7 Å². The van der Waals surface area contributed by atoms with Crippen molar-refractivity contribution in [3.8, 4) is 0 Å². The topological polar surface area (TPSA) is 30.3 Å². The number of rotatable bonds is 6. The number of aromatic nitrogens is 2. The Balaban J connectivity index is 2.03. The molecule has 0 N–H and O–H groups in total. The highest BCUT2D eigenvalue weighted by atomic mass is 16.5. The predicted octanol–water partition coefficient (Wildman–Crippen LogP) is 4.42. The van der Waals surface area contributed by atoms with E-state index in [2.05, 4.69) is 54.8 Å². The summed E-state index contributed by atoms with van der Waals surface area (Å²) in [5.74, 6) is 0. The molecule has 4 nitrogen and oxygen atoms in total. The Morgan fingerprint density at radius 1 is 1.46 bits per heavy atom. The fourth-order valence-corrected chi connectivity index (χ4v) is 3.36. The number of ether oxygens (including phenoxy) is 1. The molecule has 0 aliphatic carbocycles. The molecule has 3 rings (SSSR count). The van der Waals surface area contributed by atoms with Crippen LogP contribution in [0, 0.1) is 6.42 Å². The molecule has 0 spiro atoms. The number of nitrogens with zero attached hydrogens (tertiary/aromatic N) is 3. The van der Waals surface area contributed by atoms with E-state index in [-0.39, 0.29) is 6.23 Å². The molecule has 129 valence electrons. The number of hydrogen-bond donors (Lipinski definition) is 0. The highest BCUT2D eigenvalue weighted by molar-refractivity contribution is 5.85. The molecule has 1 aromatic carbocycles.